The SMILES string of the molecule is c1ccc2cc3c(cc2c1)O[B-]1(O3)Oc2cc3ccccc3cc2O1. The van der Waals surface area contributed by atoms with E-state index in [1.807, 2.05) is 72.8 Å². The van der Waals surface area contributed by atoms with E-state index < -0.39 is 6.96 Å². The molecular formula is C20H12BO4-. The fourth-order valence-electron chi connectivity index (χ4n) is 3.53. The van der Waals surface area contributed by atoms with Crippen LogP contribution in [-0.4, -0.2) is 6.96 Å². The van der Waals surface area contributed by atoms with Gasteiger partial charge in [-0.1, -0.05) is 48.5 Å². The van der Waals surface area contributed by atoms with Crippen molar-refractivity contribution in [3.63, 3.8) is 0 Å². The maximum Gasteiger partial charge on any atom is 0.777 e. The van der Waals surface area contributed by atoms with Crippen LogP contribution in [0.1, 0.15) is 0 Å². The summed E-state index contributed by atoms with van der Waals surface area (Å²) in [5.74, 6) is 2.54. The summed E-state index contributed by atoms with van der Waals surface area (Å²) in [6.45, 7) is -2.35. The van der Waals surface area contributed by atoms with Crippen molar-refractivity contribution in [1.29, 1.82) is 0 Å². The van der Waals surface area contributed by atoms with Gasteiger partial charge in [-0.25, -0.2) is 0 Å². The van der Waals surface area contributed by atoms with Gasteiger partial charge >= 0.3 is 6.96 Å². The molecule has 4 nitrogen and oxygen atoms in total. The lowest BCUT2D eigenvalue weighted by molar-refractivity contribution is 0.224. The van der Waals surface area contributed by atoms with Gasteiger partial charge in [0.1, 0.15) is 23.0 Å². The molecule has 0 unspecified atom stereocenters. The maximum atomic E-state index is 5.97. The molecule has 0 aromatic heterocycles. The number of hydrogen-bond acceptors (Lipinski definition) is 4. The van der Waals surface area contributed by atoms with Crippen molar-refractivity contribution < 1.29 is 18.6 Å². The second-order valence-electron chi connectivity index (χ2n) is 6.34. The molecular weight excluding hydrogens is 315 g/mol. The lowest BCUT2D eigenvalue weighted by Crippen LogP contribution is -2.54. The summed E-state index contributed by atoms with van der Waals surface area (Å²) >= 11 is 0. The quantitative estimate of drug-likeness (QED) is 0.440. The van der Waals surface area contributed by atoms with E-state index in [9.17, 15) is 0 Å². The van der Waals surface area contributed by atoms with Gasteiger partial charge in [0.25, 0.3) is 0 Å². The highest BCUT2D eigenvalue weighted by Crippen LogP contribution is 2.47. The van der Waals surface area contributed by atoms with Gasteiger partial charge in [-0.2, -0.15) is 0 Å². The zero-order valence-electron chi connectivity index (χ0n) is 13.1. The van der Waals surface area contributed by atoms with E-state index in [0.717, 1.165) is 21.5 Å². The van der Waals surface area contributed by atoms with Crippen molar-refractivity contribution in [2.45, 2.75) is 0 Å². The monoisotopic (exact) mass is 327 g/mol. The van der Waals surface area contributed by atoms with E-state index >= 15 is 0 Å². The predicted molar refractivity (Wildman–Crippen MR) is 96.2 cm³/mol. The molecule has 2 aliphatic heterocycles. The van der Waals surface area contributed by atoms with Gasteiger partial charge in [-0.3, -0.25) is 0 Å². The molecule has 2 aliphatic rings. The van der Waals surface area contributed by atoms with Crippen LogP contribution < -0.4 is 18.6 Å². The summed E-state index contributed by atoms with van der Waals surface area (Å²) < 4.78 is 23.9. The van der Waals surface area contributed by atoms with Gasteiger partial charge in [0, 0.05) is 0 Å². The Bertz CT molecular complexity index is 985. The standard InChI is InChI=1S/C20H12BO4/c1-2-6-14-10-18-17(9-13(14)5-1)22-21(23-18)24-19-11-15-7-3-4-8-16(15)12-20(19)25-21/h1-12H/q-1. The third-order valence-corrected chi connectivity index (χ3v) is 4.71. The van der Waals surface area contributed by atoms with Crippen LogP contribution in [0.3, 0.4) is 0 Å². The van der Waals surface area contributed by atoms with Gasteiger partial charge in [-0.05, 0) is 45.8 Å². The number of rotatable bonds is 0. The summed E-state index contributed by atoms with van der Waals surface area (Å²) in [5, 5.41) is 4.33. The molecule has 0 bridgehead atoms. The summed E-state index contributed by atoms with van der Waals surface area (Å²) in [5.41, 5.74) is 0. The summed E-state index contributed by atoms with van der Waals surface area (Å²) in [7, 11) is 0. The lowest BCUT2D eigenvalue weighted by atomic mass is 10.1. The summed E-state index contributed by atoms with van der Waals surface area (Å²) in [6.07, 6.45) is 0. The molecule has 0 aliphatic carbocycles. The van der Waals surface area contributed by atoms with E-state index in [1.54, 1.807) is 0 Å². The third-order valence-electron chi connectivity index (χ3n) is 4.71. The Morgan fingerprint density at radius 3 is 1.00 bits per heavy atom. The van der Waals surface area contributed by atoms with Gasteiger partial charge in [0.05, 0.1) is 0 Å². The topological polar surface area (TPSA) is 36.9 Å². The summed E-state index contributed by atoms with van der Waals surface area (Å²) in [4.78, 5) is 0. The fraction of sp³-hybridized carbons (Fsp3) is 0. The molecule has 5 heteroatoms. The van der Waals surface area contributed by atoms with Gasteiger partial charge in [0.15, 0.2) is 0 Å². The molecule has 0 radical (unpaired) electrons. The molecule has 0 saturated heterocycles. The molecule has 2 heterocycles. The van der Waals surface area contributed by atoms with Crippen molar-refractivity contribution in [3.05, 3.63) is 72.8 Å². The molecule has 6 rings (SSSR count). The lowest BCUT2D eigenvalue weighted by Gasteiger charge is -2.27. The number of hydrogen-bond donors (Lipinski definition) is 0. The highest BCUT2D eigenvalue weighted by atomic mass is 16.9. The minimum atomic E-state index is -2.35. The fourth-order valence-corrected chi connectivity index (χ4v) is 3.53. The Morgan fingerprint density at radius 1 is 0.440 bits per heavy atom. The van der Waals surface area contributed by atoms with Crippen molar-refractivity contribution in [1.82, 2.24) is 0 Å². The molecule has 120 valence electrons. The average Bonchev–Trinajstić information content (AvgIpc) is 3.14. The van der Waals surface area contributed by atoms with E-state index in [2.05, 4.69) is 0 Å². The van der Waals surface area contributed by atoms with Crippen LogP contribution >= 0.6 is 0 Å². The van der Waals surface area contributed by atoms with Crippen molar-refractivity contribution in [2.75, 3.05) is 0 Å². The van der Waals surface area contributed by atoms with Crippen LogP contribution in [0, 0.1) is 0 Å². The molecule has 25 heavy (non-hydrogen) atoms. The normalized spacial score (nSPS) is 16.0. The maximum absolute atomic E-state index is 5.97. The zero-order chi connectivity index (χ0) is 16.4. The van der Waals surface area contributed by atoms with Crippen molar-refractivity contribution >= 4 is 28.5 Å². The van der Waals surface area contributed by atoms with E-state index in [4.69, 9.17) is 18.6 Å². The minimum Gasteiger partial charge on any atom is -0.609 e. The van der Waals surface area contributed by atoms with Crippen LogP contribution in [0.25, 0.3) is 21.5 Å². The van der Waals surface area contributed by atoms with Crippen LogP contribution in [0.2, 0.25) is 0 Å². The van der Waals surface area contributed by atoms with Gasteiger partial charge < -0.3 is 18.6 Å². The van der Waals surface area contributed by atoms with Gasteiger partial charge in [-0.15, -0.1) is 0 Å². The Kier molecular flexibility index (Phi) is 2.28. The highest BCUT2D eigenvalue weighted by molar-refractivity contribution is 6.59. The second-order valence-corrected chi connectivity index (χ2v) is 6.34. The largest absolute Gasteiger partial charge is 0.777 e. The predicted octanol–water partition coefficient (Wildman–Crippen LogP) is 4.67. The van der Waals surface area contributed by atoms with Crippen LogP contribution in [0.15, 0.2) is 72.8 Å². The van der Waals surface area contributed by atoms with E-state index in [1.165, 1.54) is 0 Å². The Labute approximate surface area is 143 Å². The Balaban J connectivity index is 1.43. The molecule has 0 fully saturated rings. The number of fused-ring (bicyclic) bond motifs is 4. The molecule has 0 N–H and O–H groups in total. The first kappa shape index (κ1) is 13.0. The van der Waals surface area contributed by atoms with Gasteiger partial charge in [0.2, 0.25) is 0 Å². The molecule has 0 amide bonds. The first-order valence-corrected chi connectivity index (χ1v) is 8.22. The Morgan fingerprint density at radius 2 is 0.720 bits per heavy atom. The molecule has 0 saturated carbocycles. The van der Waals surface area contributed by atoms with E-state index in [-0.39, 0.29) is 0 Å². The van der Waals surface area contributed by atoms with Crippen LogP contribution in [0.4, 0.5) is 0 Å². The van der Waals surface area contributed by atoms with Crippen molar-refractivity contribution in [3.8, 4) is 23.0 Å². The highest BCUT2D eigenvalue weighted by Gasteiger charge is 2.51. The number of benzene rings is 4. The molecule has 1 spiro atoms. The molecule has 4 aromatic carbocycles. The molecule has 0 atom stereocenters. The first-order valence-electron chi connectivity index (χ1n) is 8.22. The first-order chi connectivity index (χ1) is 12.3. The van der Waals surface area contributed by atoms with Crippen molar-refractivity contribution in [2.24, 2.45) is 0 Å². The minimum absolute atomic E-state index is 0.635. The third kappa shape index (κ3) is 1.83. The van der Waals surface area contributed by atoms with Crippen LogP contribution in [-0.2, 0) is 0 Å². The zero-order valence-corrected chi connectivity index (χ0v) is 13.1. The van der Waals surface area contributed by atoms with Crippen LogP contribution in [0.5, 0.6) is 23.0 Å². The summed E-state index contributed by atoms with van der Waals surface area (Å²) in [6, 6.07) is 23.9. The molecule has 4 aromatic rings. The second kappa shape index (κ2) is 4.39. The average molecular weight is 327 g/mol. The van der Waals surface area contributed by atoms with E-state index in [0.29, 0.717) is 23.0 Å². The Hall–Kier alpha value is -3.34. The smallest absolute Gasteiger partial charge is 0.609 e.